The van der Waals surface area contributed by atoms with E-state index in [4.69, 9.17) is 10.5 Å². The number of nitrogens with two attached hydrogens (primary N) is 1. The summed E-state index contributed by atoms with van der Waals surface area (Å²) in [5.41, 5.74) is 5.63. The molecule has 2 aliphatic heterocycles. The Morgan fingerprint density at radius 2 is 2.00 bits per heavy atom. The van der Waals surface area contributed by atoms with E-state index in [9.17, 15) is 4.79 Å². The first-order valence-corrected chi connectivity index (χ1v) is 7.56. The second kappa shape index (κ2) is 5.38. The lowest BCUT2D eigenvalue weighted by Gasteiger charge is -2.42. The molecule has 1 unspecified atom stereocenters. The quantitative estimate of drug-likeness (QED) is 0.785. The molecule has 2 saturated heterocycles. The lowest BCUT2D eigenvalue weighted by atomic mass is 9.68. The van der Waals surface area contributed by atoms with Crippen LogP contribution in [0.2, 0.25) is 0 Å². The Morgan fingerprint density at radius 3 is 2.58 bits per heavy atom. The van der Waals surface area contributed by atoms with Crippen LogP contribution < -0.4 is 5.73 Å². The molecule has 1 saturated carbocycles. The van der Waals surface area contributed by atoms with Crippen LogP contribution in [0.4, 0.5) is 0 Å². The van der Waals surface area contributed by atoms with Crippen molar-refractivity contribution in [3.05, 3.63) is 0 Å². The van der Waals surface area contributed by atoms with E-state index in [-0.39, 0.29) is 5.41 Å². The zero-order chi connectivity index (χ0) is 13.3. The van der Waals surface area contributed by atoms with Gasteiger partial charge in [-0.2, -0.15) is 0 Å². The van der Waals surface area contributed by atoms with Crippen molar-refractivity contribution in [2.75, 3.05) is 45.9 Å². The van der Waals surface area contributed by atoms with Crippen LogP contribution in [0.1, 0.15) is 25.7 Å². The van der Waals surface area contributed by atoms with Crippen molar-refractivity contribution in [1.29, 1.82) is 0 Å². The van der Waals surface area contributed by atoms with E-state index >= 15 is 0 Å². The van der Waals surface area contributed by atoms with Gasteiger partial charge in [-0.15, -0.1) is 0 Å². The Kier molecular flexibility index (Phi) is 3.78. The predicted octanol–water partition coefficient (Wildman–Crippen LogP) is 0.0485. The zero-order valence-corrected chi connectivity index (χ0v) is 11.6. The molecule has 1 amide bonds. The lowest BCUT2D eigenvalue weighted by molar-refractivity contribution is -0.145. The number of hydrogen-bond donors (Lipinski definition) is 1. The van der Waals surface area contributed by atoms with E-state index in [1.165, 1.54) is 0 Å². The van der Waals surface area contributed by atoms with Crippen LogP contribution in [0.5, 0.6) is 0 Å². The summed E-state index contributed by atoms with van der Waals surface area (Å²) in [6, 6.07) is 0.530. The summed E-state index contributed by atoms with van der Waals surface area (Å²) in [6.07, 6.45) is 4.23. The van der Waals surface area contributed by atoms with Crippen LogP contribution in [0, 0.1) is 5.41 Å². The zero-order valence-electron chi connectivity index (χ0n) is 11.6. The van der Waals surface area contributed by atoms with Gasteiger partial charge in [0.2, 0.25) is 5.91 Å². The fraction of sp³-hybridized carbons (Fsp3) is 0.929. The van der Waals surface area contributed by atoms with Crippen molar-refractivity contribution in [2.45, 2.75) is 31.7 Å². The van der Waals surface area contributed by atoms with Crippen molar-refractivity contribution in [1.82, 2.24) is 9.80 Å². The Morgan fingerprint density at radius 1 is 1.26 bits per heavy atom. The summed E-state index contributed by atoms with van der Waals surface area (Å²) in [7, 11) is 0. The first-order chi connectivity index (χ1) is 9.25. The average Bonchev–Trinajstić information content (AvgIpc) is 2.88. The Bertz CT molecular complexity index is 332. The maximum atomic E-state index is 12.6. The molecule has 108 valence electrons. The van der Waals surface area contributed by atoms with Gasteiger partial charge in [0, 0.05) is 38.8 Å². The van der Waals surface area contributed by atoms with Crippen LogP contribution in [0.15, 0.2) is 0 Å². The third-order valence-corrected chi connectivity index (χ3v) is 5.17. The molecule has 2 N–H and O–H groups in total. The van der Waals surface area contributed by atoms with Crippen molar-refractivity contribution in [3.63, 3.8) is 0 Å². The van der Waals surface area contributed by atoms with Gasteiger partial charge in [0.25, 0.3) is 0 Å². The monoisotopic (exact) mass is 267 g/mol. The van der Waals surface area contributed by atoms with Gasteiger partial charge in [0.05, 0.1) is 18.6 Å². The molecular weight excluding hydrogens is 242 g/mol. The second-order valence-electron chi connectivity index (χ2n) is 6.18. The van der Waals surface area contributed by atoms with Gasteiger partial charge in [-0.3, -0.25) is 9.69 Å². The maximum absolute atomic E-state index is 12.6. The lowest BCUT2D eigenvalue weighted by Crippen LogP contribution is -2.52. The highest BCUT2D eigenvalue weighted by Crippen LogP contribution is 2.42. The molecule has 19 heavy (non-hydrogen) atoms. The number of rotatable bonds is 3. The van der Waals surface area contributed by atoms with E-state index in [1.807, 2.05) is 0 Å². The number of morpholine rings is 1. The number of nitrogens with zero attached hydrogens (tertiary/aromatic N) is 2. The molecule has 0 radical (unpaired) electrons. The highest BCUT2D eigenvalue weighted by atomic mass is 16.5. The summed E-state index contributed by atoms with van der Waals surface area (Å²) >= 11 is 0. The minimum absolute atomic E-state index is 0.208. The Balaban J connectivity index is 1.57. The summed E-state index contributed by atoms with van der Waals surface area (Å²) in [5.74, 6) is 0.317. The van der Waals surface area contributed by atoms with Gasteiger partial charge in [-0.1, -0.05) is 6.42 Å². The van der Waals surface area contributed by atoms with Crippen LogP contribution in [-0.4, -0.2) is 67.7 Å². The highest BCUT2D eigenvalue weighted by Gasteiger charge is 2.46. The standard InChI is InChI=1S/C14H25N3O2/c15-11-14(3-1-4-14)13(18)17-5-2-12(10-17)16-6-8-19-9-7-16/h12H,1-11,15H2. The Hall–Kier alpha value is -0.650. The number of hydrogen-bond acceptors (Lipinski definition) is 4. The molecular formula is C14H25N3O2. The summed E-state index contributed by atoms with van der Waals surface area (Å²) in [6.45, 7) is 5.99. The van der Waals surface area contributed by atoms with E-state index in [0.29, 0.717) is 18.5 Å². The summed E-state index contributed by atoms with van der Waals surface area (Å²) in [4.78, 5) is 17.2. The Labute approximate surface area is 115 Å². The number of ether oxygens (including phenoxy) is 1. The molecule has 3 rings (SSSR count). The molecule has 5 heteroatoms. The summed E-state index contributed by atoms with van der Waals surface area (Å²) < 4.78 is 5.39. The van der Waals surface area contributed by atoms with E-state index in [1.54, 1.807) is 0 Å². The fourth-order valence-electron chi connectivity index (χ4n) is 3.61. The molecule has 1 atom stereocenters. The average molecular weight is 267 g/mol. The van der Waals surface area contributed by atoms with Gasteiger partial charge in [-0.25, -0.2) is 0 Å². The molecule has 0 aromatic carbocycles. The third-order valence-electron chi connectivity index (χ3n) is 5.17. The first kappa shape index (κ1) is 13.3. The normalized spacial score (nSPS) is 31.2. The van der Waals surface area contributed by atoms with Crippen LogP contribution in [0.3, 0.4) is 0 Å². The SMILES string of the molecule is NCC1(C(=O)N2CCC(N3CCOCC3)C2)CCC1. The highest BCUT2D eigenvalue weighted by molar-refractivity contribution is 5.84. The molecule has 0 spiro atoms. The molecule has 0 aromatic rings. The van der Waals surface area contributed by atoms with Gasteiger partial charge in [0.15, 0.2) is 0 Å². The molecule has 3 aliphatic rings. The molecule has 0 aromatic heterocycles. The second-order valence-corrected chi connectivity index (χ2v) is 6.18. The van der Waals surface area contributed by atoms with Gasteiger partial charge in [0.1, 0.15) is 0 Å². The molecule has 3 fully saturated rings. The molecule has 2 heterocycles. The number of carbonyl (C=O) groups is 1. The van der Waals surface area contributed by atoms with Gasteiger partial charge >= 0.3 is 0 Å². The van der Waals surface area contributed by atoms with E-state index < -0.39 is 0 Å². The van der Waals surface area contributed by atoms with Crippen LogP contribution in [0.25, 0.3) is 0 Å². The fourth-order valence-corrected chi connectivity index (χ4v) is 3.61. The van der Waals surface area contributed by atoms with Crippen molar-refractivity contribution >= 4 is 5.91 Å². The van der Waals surface area contributed by atoms with Crippen molar-refractivity contribution in [3.8, 4) is 0 Å². The largest absolute Gasteiger partial charge is 0.379 e. The minimum atomic E-state index is -0.208. The molecule has 1 aliphatic carbocycles. The van der Waals surface area contributed by atoms with E-state index in [0.717, 1.165) is 65.1 Å². The molecule has 5 nitrogen and oxygen atoms in total. The topological polar surface area (TPSA) is 58.8 Å². The number of carbonyl (C=O) groups excluding carboxylic acids is 1. The minimum Gasteiger partial charge on any atom is -0.379 e. The van der Waals surface area contributed by atoms with Crippen LogP contribution in [-0.2, 0) is 9.53 Å². The third kappa shape index (κ3) is 2.39. The van der Waals surface area contributed by atoms with Gasteiger partial charge in [-0.05, 0) is 19.3 Å². The molecule has 0 bridgehead atoms. The van der Waals surface area contributed by atoms with E-state index in [2.05, 4.69) is 9.80 Å². The maximum Gasteiger partial charge on any atom is 0.230 e. The van der Waals surface area contributed by atoms with Crippen LogP contribution >= 0.6 is 0 Å². The van der Waals surface area contributed by atoms with Crippen molar-refractivity contribution in [2.24, 2.45) is 11.1 Å². The first-order valence-electron chi connectivity index (χ1n) is 7.56. The summed E-state index contributed by atoms with van der Waals surface area (Å²) in [5, 5.41) is 0. The van der Waals surface area contributed by atoms with Gasteiger partial charge < -0.3 is 15.4 Å². The number of likely N-dealkylation sites (tertiary alicyclic amines) is 1. The van der Waals surface area contributed by atoms with Crippen molar-refractivity contribution < 1.29 is 9.53 Å². The number of amides is 1. The predicted molar refractivity (Wildman–Crippen MR) is 72.7 cm³/mol. The smallest absolute Gasteiger partial charge is 0.230 e.